The first-order valence-electron chi connectivity index (χ1n) is 4.10. The molecule has 68 valence electrons. The van der Waals surface area contributed by atoms with Crippen molar-refractivity contribution in [2.75, 3.05) is 20.8 Å². The average molecular weight is 177 g/mol. The molecule has 4 heteroatoms. The van der Waals surface area contributed by atoms with Gasteiger partial charge in [0.25, 0.3) is 0 Å². The summed E-state index contributed by atoms with van der Waals surface area (Å²) in [5.41, 5.74) is 0. The van der Waals surface area contributed by atoms with Crippen molar-refractivity contribution in [3.8, 4) is 0 Å². The molecule has 0 aliphatic heterocycles. The maximum atomic E-state index is 5.34. The smallest absolute Gasteiger partial charge is 0.386 e. The monoisotopic (exact) mass is 177 g/mol. The van der Waals surface area contributed by atoms with E-state index in [2.05, 4.69) is 18.8 Å². The van der Waals surface area contributed by atoms with Crippen LogP contribution in [-0.4, -0.2) is 29.5 Å². The molecule has 0 radical (unpaired) electrons. The van der Waals surface area contributed by atoms with Gasteiger partial charge in [-0.25, -0.2) is 0 Å². The molecule has 0 saturated carbocycles. The van der Waals surface area contributed by atoms with Crippen molar-refractivity contribution in [3.05, 3.63) is 0 Å². The Kier molecular flexibility index (Phi) is 5.76. The van der Waals surface area contributed by atoms with Crippen molar-refractivity contribution in [1.29, 1.82) is 0 Å². The molecule has 0 atom stereocenters. The van der Waals surface area contributed by atoms with Gasteiger partial charge in [-0.3, -0.25) is 4.98 Å². The zero-order valence-electron chi connectivity index (χ0n) is 7.94. The van der Waals surface area contributed by atoms with Gasteiger partial charge in [-0.1, -0.05) is 13.8 Å². The van der Waals surface area contributed by atoms with Crippen LogP contribution in [0, 0.1) is 0 Å². The summed E-state index contributed by atoms with van der Waals surface area (Å²) >= 11 is 0. The van der Waals surface area contributed by atoms with Crippen LogP contribution in [0.15, 0.2) is 0 Å². The average Bonchev–Trinajstić information content (AvgIpc) is 2.08. The predicted molar refractivity (Wildman–Crippen MR) is 48.5 cm³/mol. The van der Waals surface area contributed by atoms with E-state index in [-0.39, 0.29) is 0 Å². The van der Waals surface area contributed by atoms with Crippen LogP contribution >= 0.6 is 0 Å². The van der Waals surface area contributed by atoms with Crippen LogP contribution in [0.4, 0.5) is 0 Å². The van der Waals surface area contributed by atoms with E-state index in [1.807, 2.05) is 0 Å². The normalized spacial score (nSPS) is 12.0. The molecule has 0 unspecified atom stereocenters. The van der Waals surface area contributed by atoms with Crippen molar-refractivity contribution >= 4 is 8.72 Å². The fourth-order valence-electron chi connectivity index (χ4n) is 0.957. The Bertz CT molecular complexity index is 88.2. The lowest BCUT2D eigenvalue weighted by atomic mass is 10.5. The molecule has 0 bridgehead atoms. The van der Waals surface area contributed by atoms with Crippen molar-refractivity contribution in [2.45, 2.75) is 26.3 Å². The van der Waals surface area contributed by atoms with Crippen LogP contribution in [0.3, 0.4) is 0 Å². The Morgan fingerprint density at radius 1 is 1.18 bits per heavy atom. The summed E-state index contributed by atoms with van der Waals surface area (Å²) < 4.78 is 10.7. The standard InChI is InChI=1S/C7H19NO2Si/c1-5-7-8-11(6-2,9-3)10-4/h8H,5-7H2,1-4H3. The highest BCUT2D eigenvalue weighted by Gasteiger charge is 2.32. The van der Waals surface area contributed by atoms with Gasteiger partial charge >= 0.3 is 8.72 Å². The second-order valence-corrected chi connectivity index (χ2v) is 5.82. The minimum Gasteiger partial charge on any atom is -0.386 e. The molecule has 0 aliphatic carbocycles. The molecule has 3 nitrogen and oxygen atoms in total. The minimum atomic E-state index is -1.99. The molecule has 1 N–H and O–H groups in total. The van der Waals surface area contributed by atoms with Gasteiger partial charge in [-0.2, -0.15) is 0 Å². The highest BCUT2D eigenvalue weighted by molar-refractivity contribution is 6.64. The molecule has 0 aromatic carbocycles. The van der Waals surface area contributed by atoms with Crippen LogP contribution in [0.1, 0.15) is 20.3 Å². The van der Waals surface area contributed by atoms with E-state index in [4.69, 9.17) is 8.85 Å². The fraction of sp³-hybridized carbons (Fsp3) is 1.00. The van der Waals surface area contributed by atoms with Gasteiger partial charge < -0.3 is 8.85 Å². The fourth-order valence-corrected chi connectivity index (χ4v) is 2.87. The molecule has 0 spiro atoms. The number of hydrogen-bond acceptors (Lipinski definition) is 3. The van der Waals surface area contributed by atoms with E-state index >= 15 is 0 Å². The third-order valence-corrected chi connectivity index (χ3v) is 4.81. The predicted octanol–water partition coefficient (Wildman–Crippen LogP) is 1.24. The summed E-state index contributed by atoms with van der Waals surface area (Å²) in [7, 11) is 1.43. The first-order valence-corrected chi connectivity index (χ1v) is 6.12. The Morgan fingerprint density at radius 3 is 2.00 bits per heavy atom. The molecule has 0 heterocycles. The molecule has 0 rings (SSSR count). The number of rotatable bonds is 6. The van der Waals surface area contributed by atoms with E-state index in [1.54, 1.807) is 14.2 Å². The molecule has 0 amide bonds. The first kappa shape index (κ1) is 11.1. The lowest BCUT2D eigenvalue weighted by Crippen LogP contribution is -2.54. The Balaban J connectivity index is 3.84. The van der Waals surface area contributed by atoms with E-state index in [1.165, 1.54) is 0 Å². The first-order chi connectivity index (χ1) is 5.24. The van der Waals surface area contributed by atoms with Crippen LogP contribution in [0.5, 0.6) is 0 Å². The van der Waals surface area contributed by atoms with Gasteiger partial charge in [0.15, 0.2) is 0 Å². The van der Waals surface area contributed by atoms with Crippen molar-refractivity contribution in [3.63, 3.8) is 0 Å². The van der Waals surface area contributed by atoms with Crippen LogP contribution in [0.25, 0.3) is 0 Å². The van der Waals surface area contributed by atoms with Gasteiger partial charge in [-0.05, 0) is 13.0 Å². The molecule has 0 aromatic heterocycles. The van der Waals surface area contributed by atoms with E-state index < -0.39 is 8.72 Å². The number of nitrogens with one attached hydrogen (secondary N) is 1. The highest BCUT2D eigenvalue weighted by Crippen LogP contribution is 2.06. The quantitative estimate of drug-likeness (QED) is 0.619. The third kappa shape index (κ3) is 3.33. The second-order valence-electron chi connectivity index (χ2n) is 2.44. The number of hydrogen-bond donors (Lipinski definition) is 1. The van der Waals surface area contributed by atoms with Gasteiger partial charge in [0, 0.05) is 20.3 Å². The van der Waals surface area contributed by atoms with Gasteiger partial charge in [0.05, 0.1) is 0 Å². The highest BCUT2D eigenvalue weighted by atomic mass is 28.4. The van der Waals surface area contributed by atoms with Crippen molar-refractivity contribution in [2.24, 2.45) is 0 Å². The topological polar surface area (TPSA) is 30.5 Å². The molecule has 0 fully saturated rings. The summed E-state index contributed by atoms with van der Waals surface area (Å²) in [6.45, 7) is 5.19. The van der Waals surface area contributed by atoms with Gasteiger partial charge in [0.1, 0.15) is 0 Å². The zero-order valence-corrected chi connectivity index (χ0v) is 8.94. The second kappa shape index (κ2) is 5.71. The summed E-state index contributed by atoms with van der Waals surface area (Å²) in [5, 5.41) is 0. The lowest BCUT2D eigenvalue weighted by molar-refractivity contribution is 0.229. The molecule has 0 aliphatic rings. The summed E-state index contributed by atoms with van der Waals surface area (Å²) in [5.74, 6) is 0. The Hall–Kier alpha value is 0.0969. The zero-order chi connectivity index (χ0) is 8.74. The van der Waals surface area contributed by atoms with E-state index in [0.29, 0.717) is 0 Å². The molecule has 0 saturated heterocycles. The van der Waals surface area contributed by atoms with Crippen LogP contribution in [0.2, 0.25) is 6.04 Å². The van der Waals surface area contributed by atoms with E-state index in [9.17, 15) is 0 Å². The Labute approximate surface area is 70.4 Å². The van der Waals surface area contributed by atoms with E-state index in [0.717, 1.165) is 19.0 Å². The molecular weight excluding hydrogens is 158 g/mol. The van der Waals surface area contributed by atoms with Gasteiger partial charge in [-0.15, -0.1) is 0 Å². The summed E-state index contributed by atoms with van der Waals surface area (Å²) in [6, 6.07) is 0.944. The summed E-state index contributed by atoms with van der Waals surface area (Å²) in [4.78, 5) is 3.33. The molecule has 11 heavy (non-hydrogen) atoms. The maximum absolute atomic E-state index is 5.34. The van der Waals surface area contributed by atoms with Crippen LogP contribution in [-0.2, 0) is 8.85 Å². The minimum absolute atomic E-state index is 0.944. The summed E-state index contributed by atoms with van der Waals surface area (Å²) in [6.07, 6.45) is 1.11. The van der Waals surface area contributed by atoms with Crippen molar-refractivity contribution < 1.29 is 8.85 Å². The molecular formula is C7H19NO2Si. The maximum Gasteiger partial charge on any atom is 0.424 e. The Morgan fingerprint density at radius 2 is 1.73 bits per heavy atom. The van der Waals surface area contributed by atoms with Crippen LogP contribution < -0.4 is 4.98 Å². The van der Waals surface area contributed by atoms with Crippen molar-refractivity contribution in [1.82, 2.24) is 4.98 Å². The largest absolute Gasteiger partial charge is 0.424 e. The van der Waals surface area contributed by atoms with Gasteiger partial charge in [0.2, 0.25) is 0 Å². The lowest BCUT2D eigenvalue weighted by Gasteiger charge is -2.26. The third-order valence-electron chi connectivity index (χ3n) is 1.77. The SMILES string of the molecule is CCCN[Si](CC)(OC)OC. The molecule has 0 aromatic rings.